The first-order valence-electron chi connectivity index (χ1n) is 7.50. The van der Waals surface area contributed by atoms with Gasteiger partial charge in [0.1, 0.15) is 5.75 Å². The van der Waals surface area contributed by atoms with E-state index < -0.39 is 0 Å². The lowest BCUT2D eigenvalue weighted by molar-refractivity contribution is 0.0963. The average Bonchev–Trinajstić information content (AvgIpc) is 2.61. The van der Waals surface area contributed by atoms with Gasteiger partial charge in [-0.1, -0.05) is 18.2 Å². The maximum atomic E-state index is 12.2. The van der Waals surface area contributed by atoms with E-state index in [9.17, 15) is 9.59 Å². The van der Waals surface area contributed by atoms with Crippen molar-refractivity contribution in [3.8, 4) is 5.75 Å². The van der Waals surface area contributed by atoms with Crippen LogP contribution in [0.25, 0.3) is 0 Å². The molecule has 0 aliphatic carbocycles. The van der Waals surface area contributed by atoms with Crippen molar-refractivity contribution in [2.45, 2.75) is 6.54 Å². The van der Waals surface area contributed by atoms with Gasteiger partial charge in [-0.15, -0.1) is 0 Å². The van der Waals surface area contributed by atoms with Crippen LogP contribution >= 0.6 is 0 Å². The minimum atomic E-state index is -0.223. The zero-order valence-electron chi connectivity index (χ0n) is 14.0. The largest absolute Gasteiger partial charge is 0.497 e. The molecular formula is C18H21N3O3. The number of nitrogens with zero attached hydrogens (tertiary/aromatic N) is 1. The van der Waals surface area contributed by atoms with E-state index in [2.05, 4.69) is 10.6 Å². The Hall–Kier alpha value is -3.02. The van der Waals surface area contributed by atoms with Gasteiger partial charge in [0.15, 0.2) is 0 Å². The Morgan fingerprint density at radius 2 is 1.83 bits per heavy atom. The predicted octanol–water partition coefficient (Wildman–Crippen LogP) is 2.72. The number of methoxy groups -OCH3 is 1. The Morgan fingerprint density at radius 3 is 2.46 bits per heavy atom. The van der Waals surface area contributed by atoms with E-state index in [1.807, 2.05) is 24.3 Å². The minimum absolute atomic E-state index is 0.134. The summed E-state index contributed by atoms with van der Waals surface area (Å²) < 4.78 is 5.13. The van der Waals surface area contributed by atoms with Crippen LogP contribution in [0.15, 0.2) is 48.5 Å². The molecule has 2 aromatic carbocycles. The van der Waals surface area contributed by atoms with Crippen LogP contribution in [0.1, 0.15) is 15.9 Å². The van der Waals surface area contributed by atoms with Crippen molar-refractivity contribution in [2.24, 2.45) is 0 Å². The number of anilines is 1. The molecule has 0 radical (unpaired) electrons. The predicted molar refractivity (Wildman–Crippen MR) is 93.3 cm³/mol. The zero-order valence-corrected chi connectivity index (χ0v) is 14.0. The van der Waals surface area contributed by atoms with Gasteiger partial charge in [0, 0.05) is 38.0 Å². The summed E-state index contributed by atoms with van der Waals surface area (Å²) in [4.78, 5) is 25.3. The quantitative estimate of drug-likeness (QED) is 0.887. The summed E-state index contributed by atoms with van der Waals surface area (Å²) in [5.74, 6) is 0.547. The van der Waals surface area contributed by atoms with Gasteiger partial charge in [0.25, 0.3) is 5.91 Å². The van der Waals surface area contributed by atoms with Gasteiger partial charge in [0.2, 0.25) is 0 Å². The molecular weight excluding hydrogens is 306 g/mol. The van der Waals surface area contributed by atoms with E-state index >= 15 is 0 Å². The summed E-state index contributed by atoms with van der Waals surface area (Å²) in [6.45, 7) is 0.434. The highest BCUT2D eigenvalue weighted by Gasteiger charge is 2.10. The number of amides is 3. The lowest BCUT2D eigenvalue weighted by Crippen LogP contribution is -2.30. The Kier molecular flexibility index (Phi) is 5.78. The van der Waals surface area contributed by atoms with Gasteiger partial charge < -0.3 is 20.3 Å². The van der Waals surface area contributed by atoms with Crippen LogP contribution in [0.2, 0.25) is 0 Å². The summed E-state index contributed by atoms with van der Waals surface area (Å²) in [5, 5.41) is 5.39. The molecule has 6 nitrogen and oxygen atoms in total. The molecule has 2 rings (SSSR count). The van der Waals surface area contributed by atoms with E-state index in [4.69, 9.17) is 4.74 Å². The molecule has 0 spiro atoms. The lowest BCUT2D eigenvalue weighted by atomic mass is 10.1. The summed E-state index contributed by atoms with van der Waals surface area (Å²) >= 11 is 0. The number of ether oxygens (including phenoxy) is 1. The standard InChI is InChI=1S/C18H21N3O3/c1-19-17(22)14-9-7-13(8-10-14)12-21(2)18(23)20-15-5-4-6-16(11-15)24-3/h4-11H,12H2,1-3H3,(H,19,22)(H,20,23). The van der Waals surface area contributed by atoms with E-state index in [1.165, 1.54) is 0 Å². The van der Waals surface area contributed by atoms with E-state index in [0.29, 0.717) is 23.5 Å². The van der Waals surface area contributed by atoms with Crippen molar-refractivity contribution in [3.05, 3.63) is 59.7 Å². The second-order valence-corrected chi connectivity index (χ2v) is 5.29. The van der Waals surface area contributed by atoms with Crippen LogP contribution in [0.3, 0.4) is 0 Å². The van der Waals surface area contributed by atoms with E-state index in [0.717, 1.165) is 5.56 Å². The van der Waals surface area contributed by atoms with Gasteiger partial charge in [-0.3, -0.25) is 4.79 Å². The van der Waals surface area contributed by atoms with E-state index in [-0.39, 0.29) is 11.9 Å². The molecule has 0 unspecified atom stereocenters. The van der Waals surface area contributed by atoms with Gasteiger partial charge in [0.05, 0.1) is 7.11 Å². The van der Waals surface area contributed by atoms with Crippen molar-refractivity contribution in [2.75, 3.05) is 26.5 Å². The maximum absolute atomic E-state index is 12.2. The first-order chi connectivity index (χ1) is 11.5. The zero-order chi connectivity index (χ0) is 17.5. The molecule has 3 amide bonds. The van der Waals surface area contributed by atoms with Gasteiger partial charge in [-0.25, -0.2) is 4.79 Å². The highest BCUT2D eigenvalue weighted by Crippen LogP contribution is 2.17. The minimum Gasteiger partial charge on any atom is -0.497 e. The average molecular weight is 327 g/mol. The van der Waals surface area contributed by atoms with Gasteiger partial charge in [-0.2, -0.15) is 0 Å². The molecule has 0 aliphatic heterocycles. The fourth-order valence-corrected chi connectivity index (χ4v) is 2.17. The van der Waals surface area contributed by atoms with Crippen LogP contribution in [0.5, 0.6) is 5.75 Å². The third kappa shape index (κ3) is 4.49. The molecule has 0 atom stereocenters. The topological polar surface area (TPSA) is 70.7 Å². The second-order valence-electron chi connectivity index (χ2n) is 5.29. The van der Waals surface area contributed by atoms with E-state index in [1.54, 1.807) is 50.4 Å². The fraction of sp³-hybridized carbons (Fsp3) is 0.222. The van der Waals surface area contributed by atoms with Crippen molar-refractivity contribution in [1.29, 1.82) is 0 Å². The Morgan fingerprint density at radius 1 is 1.12 bits per heavy atom. The monoisotopic (exact) mass is 327 g/mol. The molecule has 6 heteroatoms. The van der Waals surface area contributed by atoms with Crippen molar-refractivity contribution in [1.82, 2.24) is 10.2 Å². The number of benzene rings is 2. The number of hydrogen-bond donors (Lipinski definition) is 2. The number of carbonyl (C=O) groups excluding carboxylic acids is 2. The third-order valence-electron chi connectivity index (χ3n) is 3.53. The highest BCUT2D eigenvalue weighted by molar-refractivity contribution is 5.94. The van der Waals surface area contributed by atoms with Crippen LogP contribution in [0.4, 0.5) is 10.5 Å². The first-order valence-corrected chi connectivity index (χ1v) is 7.50. The second kappa shape index (κ2) is 8.01. The fourth-order valence-electron chi connectivity index (χ4n) is 2.17. The Balaban J connectivity index is 1.96. The van der Waals surface area contributed by atoms with Crippen molar-refractivity contribution >= 4 is 17.6 Å². The smallest absolute Gasteiger partial charge is 0.321 e. The molecule has 2 N–H and O–H groups in total. The summed E-state index contributed by atoms with van der Waals surface area (Å²) in [7, 11) is 4.88. The number of carbonyl (C=O) groups is 2. The molecule has 126 valence electrons. The summed E-state index contributed by atoms with van der Waals surface area (Å²) in [6.07, 6.45) is 0. The molecule has 0 saturated carbocycles. The first kappa shape index (κ1) is 17.3. The number of hydrogen-bond acceptors (Lipinski definition) is 3. The molecule has 0 heterocycles. The molecule has 0 fully saturated rings. The lowest BCUT2D eigenvalue weighted by Gasteiger charge is -2.18. The Bertz CT molecular complexity index is 714. The summed E-state index contributed by atoms with van der Waals surface area (Å²) in [6, 6.07) is 14.1. The van der Waals surface area contributed by atoms with Gasteiger partial charge >= 0.3 is 6.03 Å². The van der Waals surface area contributed by atoms with Crippen LogP contribution in [-0.4, -0.2) is 38.0 Å². The van der Waals surface area contributed by atoms with Crippen molar-refractivity contribution < 1.29 is 14.3 Å². The van der Waals surface area contributed by atoms with Gasteiger partial charge in [-0.05, 0) is 29.8 Å². The number of nitrogens with one attached hydrogen (secondary N) is 2. The molecule has 2 aromatic rings. The molecule has 0 saturated heterocycles. The molecule has 0 aromatic heterocycles. The SMILES string of the molecule is CNC(=O)c1ccc(CN(C)C(=O)Nc2cccc(OC)c2)cc1. The van der Waals surface area contributed by atoms with Crippen LogP contribution in [0, 0.1) is 0 Å². The third-order valence-corrected chi connectivity index (χ3v) is 3.53. The summed E-state index contributed by atoms with van der Waals surface area (Å²) in [5.41, 5.74) is 2.19. The number of urea groups is 1. The number of rotatable bonds is 5. The van der Waals surface area contributed by atoms with Crippen molar-refractivity contribution in [3.63, 3.8) is 0 Å². The highest BCUT2D eigenvalue weighted by atomic mass is 16.5. The molecule has 0 aliphatic rings. The maximum Gasteiger partial charge on any atom is 0.321 e. The Labute approximate surface area is 141 Å². The molecule has 0 bridgehead atoms. The normalized spacial score (nSPS) is 9.96. The molecule has 24 heavy (non-hydrogen) atoms. The van der Waals surface area contributed by atoms with Crippen LogP contribution < -0.4 is 15.4 Å². The van der Waals surface area contributed by atoms with Crippen LogP contribution in [-0.2, 0) is 6.54 Å².